The summed E-state index contributed by atoms with van der Waals surface area (Å²) in [6.45, 7) is 6.23. The van der Waals surface area contributed by atoms with Crippen molar-refractivity contribution in [2.45, 2.75) is 26.2 Å². The average molecular weight is 442 g/mol. The first kappa shape index (κ1) is 20.7. The van der Waals surface area contributed by atoms with Crippen LogP contribution in [0.4, 0.5) is 5.69 Å². The van der Waals surface area contributed by atoms with Crippen molar-refractivity contribution < 1.29 is 14.3 Å². The fraction of sp³-hybridized carbons (Fsp3) is 0.250. The predicted octanol–water partition coefficient (Wildman–Crippen LogP) is 5.93. The van der Waals surface area contributed by atoms with Gasteiger partial charge >= 0.3 is 0 Å². The standard InChI is InChI=1S/C24H21Cl2NO3/c1-12-8-19-16(11-20(12)30-5)24(2,3)21(27(19)4)7-6-13-22(28)14-9-17(25)18(26)10-15(14)23(13)29/h6-11H,1-5H3/b21-7+. The van der Waals surface area contributed by atoms with Crippen LogP contribution in [0.1, 0.15) is 45.7 Å². The quantitative estimate of drug-likeness (QED) is 0.428. The highest BCUT2D eigenvalue weighted by molar-refractivity contribution is 6.45. The zero-order valence-electron chi connectivity index (χ0n) is 17.4. The molecule has 1 heterocycles. The Morgan fingerprint density at radius 1 is 0.967 bits per heavy atom. The number of rotatable bonds is 2. The number of nitrogens with zero attached hydrogens (tertiary/aromatic N) is 1. The van der Waals surface area contributed by atoms with Crippen molar-refractivity contribution in [3.8, 4) is 5.75 Å². The summed E-state index contributed by atoms with van der Waals surface area (Å²) in [5.74, 6) is 0.165. The Bertz CT molecular complexity index is 1150. The molecule has 0 amide bonds. The molecule has 0 aromatic heterocycles. The highest BCUT2D eigenvalue weighted by Gasteiger charge is 2.39. The third-order valence-electron chi connectivity index (χ3n) is 6.00. The van der Waals surface area contributed by atoms with Gasteiger partial charge in [0.2, 0.25) is 0 Å². The number of allylic oxidation sites excluding steroid dienone is 4. The first-order chi connectivity index (χ1) is 14.1. The van der Waals surface area contributed by atoms with Gasteiger partial charge in [-0.25, -0.2) is 0 Å². The molecule has 4 rings (SSSR count). The lowest BCUT2D eigenvalue weighted by Crippen LogP contribution is -2.22. The first-order valence-corrected chi connectivity index (χ1v) is 10.3. The number of ketones is 2. The van der Waals surface area contributed by atoms with Crippen LogP contribution in [-0.2, 0) is 5.41 Å². The number of Topliss-reactive ketones (excluding diaryl/α,β-unsaturated/α-hetero) is 2. The number of carbonyl (C=O) groups is 2. The molecule has 1 aliphatic heterocycles. The molecule has 0 N–H and O–H groups in total. The monoisotopic (exact) mass is 441 g/mol. The van der Waals surface area contributed by atoms with Crippen molar-refractivity contribution in [3.05, 3.63) is 80.0 Å². The molecule has 0 spiro atoms. The van der Waals surface area contributed by atoms with Gasteiger partial charge in [-0.2, -0.15) is 0 Å². The van der Waals surface area contributed by atoms with E-state index in [0.29, 0.717) is 11.1 Å². The van der Waals surface area contributed by atoms with Crippen molar-refractivity contribution in [2.75, 3.05) is 19.1 Å². The lowest BCUT2D eigenvalue weighted by Gasteiger charge is -2.23. The van der Waals surface area contributed by atoms with Crippen molar-refractivity contribution in [2.24, 2.45) is 0 Å². The lowest BCUT2D eigenvalue weighted by molar-refractivity contribution is 0.0988. The minimum absolute atomic E-state index is 0.116. The smallest absolute Gasteiger partial charge is 0.197 e. The van der Waals surface area contributed by atoms with Gasteiger partial charge in [0, 0.05) is 35.0 Å². The van der Waals surface area contributed by atoms with E-state index in [1.165, 1.54) is 12.1 Å². The molecule has 2 aromatic carbocycles. The second kappa shape index (κ2) is 7.00. The van der Waals surface area contributed by atoms with Crippen LogP contribution in [0, 0.1) is 6.92 Å². The van der Waals surface area contributed by atoms with Gasteiger partial charge in [0.05, 0.1) is 22.7 Å². The zero-order valence-corrected chi connectivity index (χ0v) is 18.9. The first-order valence-electron chi connectivity index (χ1n) is 9.51. The molecule has 0 fully saturated rings. The number of fused-ring (bicyclic) bond motifs is 2. The molecule has 0 bridgehead atoms. The number of hydrogen-bond acceptors (Lipinski definition) is 4. The highest BCUT2D eigenvalue weighted by atomic mass is 35.5. The molecule has 30 heavy (non-hydrogen) atoms. The number of aryl methyl sites for hydroxylation is 1. The second-order valence-corrected chi connectivity index (χ2v) is 8.94. The number of hydrogen-bond donors (Lipinski definition) is 0. The molecule has 6 heteroatoms. The fourth-order valence-electron chi connectivity index (χ4n) is 4.31. The molecule has 0 saturated heterocycles. The SMILES string of the molecule is COc1cc2c(cc1C)N(C)/C(=C/C=C1C(=O)c3cc(Cl)c(Cl)cc3C1=O)C2(C)C. The normalized spacial score (nSPS) is 18.2. The van der Waals surface area contributed by atoms with E-state index in [4.69, 9.17) is 27.9 Å². The summed E-state index contributed by atoms with van der Waals surface area (Å²) in [4.78, 5) is 27.7. The highest BCUT2D eigenvalue weighted by Crippen LogP contribution is 2.49. The molecule has 0 saturated carbocycles. The molecular formula is C24H21Cl2NO3. The van der Waals surface area contributed by atoms with Crippen molar-refractivity contribution in [1.82, 2.24) is 0 Å². The molecule has 0 radical (unpaired) electrons. The Kier molecular flexibility index (Phi) is 4.83. The summed E-state index contributed by atoms with van der Waals surface area (Å²) in [6, 6.07) is 7.07. The van der Waals surface area contributed by atoms with Gasteiger partial charge in [0.25, 0.3) is 0 Å². The van der Waals surface area contributed by atoms with Gasteiger partial charge < -0.3 is 9.64 Å². The number of methoxy groups -OCH3 is 1. The number of benzene rings is 2. The minimum atomic E-state index is -0.334. The molecule has 154 valence electrons. The zero-order chi connectivity index (χ0) is 22.0. The molecule has 2 aromatic rings. The van der Waals surface area contributed by atoms with Crippen LogP contribution in [-0.4, -0.2) is 25.7 Å². The van der Waals surface area contributed by atoms with Gasteiger partial charge in [-0.3, -0.25) is 9.59 Å². The Balaban J connectivity index is 1.78. The van der Waals surface area contributed by atoms with E-state index in [0.717, 1.165) is 28.3 Å². The van der Waals surface area contributed by atoms with Gasteiger partial charge in [0.15, 0.2) is 11.6 Å². The third kappa shape index (κ3) is 2.90. The van der Waals surface area contributed by atoms with Crippen LogP contribution < -0.4 is 9.64 Å². The number of carbonyl (C=O) groups excluding carboxylic acids is 2. The van der Waals surface area contributed by atoms with E-state index in [1.54, 1.807) is 13.2 Å². The third-order valence-corrected chi connectivity index (χ3v) is 6.72. The molecule has 2 aliphatic rings. The van der Waals surface area contributed by atoms with E-state index in [1.807, 2.05) is 20.0 Å². The van der Waals surface area contributed by atoms with E-state index in [-0.39, 0.29) is 32.6 Å². The molecule has 0 atom stereocenters. The summed E-state index contributed by atoms with van der Waals surface area (Å²) in [5, 5.41) is 0.514. The van der Waals surface area contributed by atoms with Crippen molar-refractivity contribution in [3.63, 3.8) is 0 Å². The molecular weight excluding hydrogens is 421 g/mol. The van der Waals surface area contributed by atoms with Gasteiger partial charge in [-0.15, -0.1) is 0 Å². The van der Waals surface area contributed by atoms with Crippen LogP contribution in [0.15, 0.2) is 47.7 Å². The number of anilines is 1. The van der Waals surface area contributed by atoms with Crippen molar-refractivity contribution in [1.29, 1.82) is 0 Å². The van der Waals surface area contributed by atoms with Crippen LogP contribution in [0.5, 0.6) is 5.75 Å². The minimum Gasteiger partial charge on any atom is -0.496 e. The molecule has 4 nitrogen and oxygen atoms in total. The maximum Gasteiger partial charge on any atom is 0.197 e. The Morgan fingerprint density at radius 2 is 1.53 bits per heavy atom. The van der Waals surface area contributed by atoms with Crippen LogP contribution in [0.25, 0.3) is 0 Å². The lowest BCUT2D eigenvalue weighted by atomic mass is 9.83. The number of likely N-dealkylation sites (N-methyl/N-ethyl adjacent to an activating group) is 1. The van der Waals surface area contributed by atoms with Crippen LogP contribution in [0.3, 0.4) is 0 Å². The molecule has 1 aliphatic carbocycles. The van der Waals surface area contributed by atoms with E-state index in [9.17, 15) is 9.59 Å². The Labute approximate surface area is 185 Å². The Hall–Kier alpha value is -2.56. The number of halogens is 2. The summed E-state index contributed by atoms with van der Waals surface area (Å²) in [6.07, 6.45) is 3.46. The van der Waals surface area contributed by atoms with Crippen LogP contribution >= 0.6 is 23.2 Å². The predicted molar refractivity (Wildman–Crippen MR) is 120 cm³/mol. The summed E-state index contributed by atoms with van der Waals surface area (Å²) in [5.41, 5.74) is 4.60. The van der Waals surface area contributed by atoms with Crippen molar-refractivity contribution >= 4 is 40.5 Å². The average Bonchev–Trinajstić information content (AvgIpc) is 3.02. The Morgan fingerprint density at radius 3 is 2.07 bits per heavy atom. The van der Waals surface area contributed by atoms with Gasteiger partial charge in [-0.05, 0) is 54.5 Å². The maximum absolute atomic E-state index is 12.8. The maximum atomic E-state index is 12.8. The molecule has 0 unspecified atom stereocenters. The van der Waals surface area contributed by atoms with Gasteiger partial charge in [0.1, 0.15) is 5.75 Å². The van der Waals surface area contributed by atoms with Crippen LogP contribution in [0.2, 0.25) is 10.0 Å². The summed E-state index contributed by atoms with van der Waals surface area (Å²) >= 11 is 12.1. The fourth-order valence-corrected chi connectivity index (χ4v) is 4.63. The summed E-state index contributed by atoms with van der Waals surface area (Å²) < 4.78 is 5.50. The van der Waals surface area contributed by atoms with E-state index in [2.05, 4.69) is 30.9 Å². The number of ether oxygens (including phenoxy) is 1. The van der Waals surface area contributed by atoms with Gasteiger partial charge in [-0.1, -0.05) is 37.0 Å². The van der Waals surface area contributed by atoms with E-state index < -0.39 is 0 Å². The summed E-state index contributed by atoms with van der Waals surface area (Å²) in [7, 11) is 3.64. The topological polar surface area (TPSA) is 46.6 Å². The second-order valence-electron chi connectivity index (χ2n) is 8.13. The van der Waals surface area contributed by atoms with E-state index >= 15 is 0 Å². The largest absolute Gasteiger partial charge is 0.496 e.